The van der Waals surface area contributed by atoms with E-state index in [4.69, 9.17) is 10.5 Å². The van der Waals surface area contributed by atoms with Gasteiger partial charge in [-0.1, -0.05) is 6.92 Å². The lowest BCUT2D eigenvalue weighted by Gasteiger charge is -2.21. The first-order valence-corrected chi connectivity index (χ1v) is 9.58. The van der Waals surface area contributed by atoms with Gasteiger partial charge in [0.05, 0.1) is 28.0 Å². The molecular weight excluding hydrogens is 396 g/mol. The number of nitrogens with two attached hydrogens (primary N) is 1. The molecule has 2 rings (SSSR count). The summed E-state index contributed by atoms with van der Waals surface area (Å²) in [5.41, 5.74) is 8.24. The van der Waals surface area contributed by atoms with Crippen LogP contribution in [0.15, 0.2) is 22.7 Å². The molecule has 1 amide bonds. The first kappa shape index (κ1) is 20.2. The van der Waals surface area contributed by atoms with Gasteiger partial charge in [-0.15, -0.1) is 0 Å². The molecule has 7 heteroatoms. The van der Waals surface area contributed by atoms with E-state index in [9.17, 15) is 4.79 Å². The standard InChI is InChI=1S/C19H25BrN4O2/c1-5-10-26-15-9-8-13(11-14(15)20)17-16(12(4)22-19(21)23-17)18(25)24(6-2)7-3/h8-9,11H,5-7,10H2,1-4H3,(H2,21,22,23). The Morgan fingerprint density at radius 2 is 1.92 bits per heavy atom. The molecule has 0 spiro atoms. The molecule has 1 aromatic heterocycles. The molecule has 6 nitrogen and oxygen atoms in total. The Labute approximate surface area is 162 Å². The van der Waals surface area contributed by atoms with Gasteiger partial charge in [-0.3, -0.25) is 4.79 Å². The summed E-state index contributed by atoms with van der Waals surface area (Å²) < 4.78 is 6.50. The molecule has 0 atom stereocenters. The van der Waals surface area contributed by atoms with E-state index in [0.717, 1.165) is 22.2 Å². The molecule has 0 bridgehead atoms. The molecule has 26 heavy (non-hydrogen) atoms. The molecule has 0 aliphatic heterocycles. The number of carbonyl (C=O) groups excluding carboxylic acids is 1. The highest BCUT2D eigenvalue weighted by Gasteiger charge is 2.23. The summed E-state index contributed by atoms with van der Waals surface area (Å²) in [5.74, 6) is 0.812. The summed E-state index contributed by atoms with van der Waals surface area (Å²) in [4.78, 5) is 23.3. The van der Waals surface area contributed by atoms with E-state index >= 15 is 0 Å². The van der Waals surface area contributed by atoms with Crippen molar-refractivity contribution >= 4 is 27.8 Å². The van der Waals surface area contributed by atoms with Crippen molar-refractivity contribution < 1.29 is 9.53 Å². The lowest BCUT2D eigenvalue weighted by Crippen LogP contribution is -2.32. The van der Waals surface area contributed by atoms with Crippen molar-refractivity contribution in [3.05, 3.63) is 33.9 Å². The van der Waals surface area contributed by atoms with Gasteiger partial charge in [-0.05, 0) is 61.3 Å². The minimum absolute atomic E-state index is 0.0927. The average molecular weight is 421 g/mol. The smallest absolute Gasteiger partial charge is 0.257 e. The van der Waals surface area contributed by atoms with Crippen LogP contribution in [-0.2, 0) is 0 Å². The number of anilines is 1. The molecule has 0 saturated carbocycles. The molecule has 140 valence electrons. The number of hydrogen-bond donors (Lipinski definition) is 1. The third kappa shape index (κ3) is 4.33. The number of nitrogen functional groups attached to an aromatic ring is 1. The first-order valence-electron chi connectivity index (χ1n) is 8.78. The zero-order valence-electron chi connectivity index (χ0n) is 15.7. The van der Waals surface area contributed by atoms with Crippen molar-refractivity contribution in [1.29, 1.82) is 0 Å². The SMILES string of the molecule is CCCOc1ccc(-c2nc(N)nc(C)c2C(=O)N(CC)CC)cc1Br. The van der Waals surface area contributed by atoms with Gasteiger partial charge in [0.2, 0.25) is 5.95 Å². The topological polar surface area (TPSA) is 81.3 Å². The predicted molar refractivity (Wildman–Crippen MR) is 107 cm³/mol. The van der Waals surface area contributed by atoms with E-state index in [1.165, 1.54) is 0 Å². The minimum Gasteiger partial charge on any atom is -0.492 e. The molecule has 0 aliphatic carbocycles. The van der Waals surface area contributed by atoms with E-state index < -0.39 is 0 Å². The Balaban J connectivity index is 2.55. The van der Waals surface area contributed by atoms with Crippen LogP contribution >= 0.6 is 15.9 Å². The number of ether oxygens (including phenoxy) is 1. The zero-order chi connectivity index (χ0) is 19.3. The number of halogens is 1. The summed E-state index contributed by atoms with van der Waals surface area (Å²) in [7, 11) is 0. The van der Waals surface area contributed by atoms with Crippen LogP contribution in [0.5, 0.6) is 5.75 Å². The predicted octanol–water partition coefficient (Wildman–Crippen LogP) is 4.07. The third-order valence-corrected chi connectivity index (χ3v) is 4.66. The van der Waals surface area contributed by atoms with Crippen molar-refractivity contribution in [2.45, 2.75) is 34.1 Å². The second kappa shape index (κ2) is 8.98. The molecule has 0 aliphatic rings. The van der Waals surface area contributed by atoms with Crippen LogP contribution in [-0.4, -0.2) is 40.5 Å². The Bertz CT molecular complexity index is 791. The van der Waals surface area contributed by atoms with Gasteiger partial charge in [-0.2, -0.15) is 0 Å². The van der Waals surface area contributed by atoms with Gasteiger partial charge in [0.15, 0.2) is 0 Å². The number of nitrogens with zero attached hydrogens (tertiary/aromatic N) is 3. The Hall–Kier alpha value is -2.15. The molecule has 2 N–H and O–H groups in total. The zero-order valence-corrected chi connectivity index (χ0v) is 17.3. The fourth-order valence-corrected chi connectivity index (χ4v) is 3.20. The van der Waals surface area contributed by atoms with Crippen LogP contribution in [0.25, 0.3) is 11.3 Å². The normalized spacial score (nSPS) is 10.7. The molecule has 1 aromatic carbocycles. The van der Waals surface area contributed by atoms with Crippen molar-refractivity contribution in [2.24, 2.45) is 0 Å². The average Bonchev–Trinajstić information content (AvgIpc) is 2.60. The summed E-state index contributed by atoms with van der Waals surface area (Å²) in [5, 5.41) is 0. The molecule has 0 saturated heterocycles. The molecular formula is C19H25BrN4O2. The number of aromatic nitrogens is 2. The van der Waals surface area contributed by atoms with Crippen LogP contribution in [0.3, 0.4) is 0 Å². The quantitative estimate of drug-likeness (QED) is 0.729. The highest BCUT2D eigenvalue weighted by Crippen LogP contribution is 2.33. The van der Waals surface area contributed by atoms with Crippen molar-refractivity contribution in [3.8, 4) is 17.0 Å². The summed E-state index contributed by atoms with van der Waals surface area (Å²) >= 11 is 3.53. The second-order valence-electron chi connectivity index (χ2n) is 5.86. The van der Waals surface area contributed by atoms with Gasteiger partial charge >= 0.3 is 0 Å². The summed E-state index contributed by atoms with van der Waals surface area (Å²) in [6.45, 7) is 9.61. The molecule has 2 aromatic rings. The number of amides is 1. The number of carbonyl (C=O) groups is 1. The van der Waals surface area contributed by atoms with Crippen LogP contribution in [0.1, 0.15) is 43.2 Å². The van der Waals surface area contributed by atoms with Gasteiger partial charge < -0.3 is 15.4 Å². The Kier molecular flexibility index (Phi) is 6.97. The third-order valence-electron chi connectivity index (χ3n) is 4.04. The summed E-state index contributed by atoms with van der Waals surface area (Å²) in [6.07, 6.45) is 0.929. The van der Waals surface area contributed by atoms with Gasteiger partial charge in [0.1, 0.15) is 5.75 Å². The van der Waals surface area contributed by atoms with Gasteiger partial charge in [0, 0.05) is 18.7 Å². The van der Waals surface area contributed by atoms with Gasteiger partial charge in [-0.25, -0.2) is 9.97 Å². The van der Waals surface area contributed by atoms with E-state index in [1.807, 2.05) is 32.0 Å². The Morgan fingerprint density at radius 1 is 1.23 bits per heavy atom. The largest absolute Gasteiger partial charge is 0.492 e. The van der Waals surface area contributed by atoms with Crippen molar-refractivity contribution in [2.75, 3.05) is 25.4 Å². The fraction of sp³-hybridized carbons (Fsp3) is 0.421. The maximum Gasteiger partial charge on any atom is 0.257 e. The summed E-state index contributed by atoms with van der Waals surface area (Å²) in [6, 6.07) is 5.65. The maximum absolute atomic E-state index is 13.0. The number of aryl methyl sites for hydroxylation is 1. The van der Waals surface area contributed by atoms with Crippen molar-refractivity contribution in [3.63, 3.8) is 0 Å². The second-order valence-corrected chi connectivity index (χ2v) is 6.72. The lowest BCUT2D eigenvalue weighted by molar-refractivity contribution is 0.0772. The van der Waals surface area contributed by atoms with Crippen LogP contribution in [0.4, 0.5) is 5.95 Å². The molecule has 0 unspecified atom stereocenters. The Morgan fingerprint density at radius 3 is 2.50 bits per heavy atom. The minimum atomic E-state index is -0.0927. The van der Waals surface area contributed by atoms with E-state index in [0.29, 0.717) is 36.6 Å². The maximum atomic E-state index is 13.0. The fourth-order valence-electron chi connectivity index (χ4n) is 2.71. The number of benzene rings is 1. The highest BCUT2D eigenvalue weighted by atomic mass is 79.9. The van der Waals surface area contributed by atoms with Crippen LogP contribution < -0.4 is 10.5 Å². The van der Waals surface area contributed by atoms with Crippen LogP contribution in [0.2, 0.25) is 0 Å². The first-order chi connectivity index (χ1) is 12.4. The monoisotopic (exact) mass is 420 g/mol. The van der Waals surface area contributed by atoms with E-state index in [2.05, 4.69) is 32.8 Å². The molecule has 0 radical (unpaired) electrons. The molecule has 0 fully saturated rings. The lowest BCUT2D eigenvalue weighted by atomic mass is 10.0. The van der Waals surface area contributed by atoms with Crippen molar-refractivity contribution in [1.82, 2.24) is 14.9 Å². The van der Waals surface area contributed by atoms with E-state index in [1.54, 1.807) is 11.8 Å². The number of rotatable bonds is 7. The van der Waals surface area contributed by atoms with E-state index in [-0.39, 0.29) is 11.9 Å². The van der Waals surface area contributed by atoms with Gasteiger partial charge in [0.25, 0.3) is 5.91 Å². The highest BCUT2D eigenvalue weighted by molar-refractivity contribution is 9.10. The van der Waals surface area contributed by atoms with Crippen LogP contribution in [0, 0.1) is 6.92 Å². The molecule has 1 heterocycles. The number of hydrogen-bond acceptors (Lipinski definition) is 5.